The average Bonchev–Trinajstić information content (AvgIpc) is 3.35. The topological polar surface area (TPSA) is 280 Å². The Morgan fingerprint density at radius 1 is 1.09 bits per heavy atom. The fraction of sp³-hybridized carbons (Fsp3) is 0.680. The predicted octanol–water partition coefficient (Wildman–Crippen LogP) is -2.46. The van der Waals surface area contributed by atoms with Crippen molar-refractivity contribution >= 4 is 24.1 Å². The smallest absolute Gasteiger partial charge is 0.408 e. The molecule has 1 aromatic heterocycles. The molecule has 8 N–H and O–H groups in total. The normalized spacial score (nSPS) is 27.6. The van der Waals surface area contributed by atoms with Crippen molar-refractivity contribution < 1.29 is 58.2 Å². The van der Waals surface area contributed by atoms with Crippen molar-refractivity contribution in [2.75, 3.05) is 6.61 Å². The molecule has 3 rings (SSSR count). The Morgan fingerprint density at radius 3 is 2.30 bits per heavy atom. The van der Waals surface area contributed by atoms with Crippen molar-refractivity contribution in [3.05, 3.63) is 32.6 Å². The van der Waals surface area contributed by atoms with Crippen LogP contribution in [-0.2, 0) is 33.3 Å². The van der Waals surface area contributed by atoms with Crippen LogP contribution in [0, 0.1) is 6.92 Å². The molecule has 0 spiro atoms. The van der Waals surface area contributed by atoms with Gasteiger partial charge in [-0.15, -0.1) is 0 Å². The number of rotatable bonds is 9. The van der Waals surface area contributed by atoms with Crippen LogP contribution in [0.4, 0.5) is 9.59 Å². The number of H-pyrrole nitrogens is 1. The number of carbonyl (C=O) groups excluding carboxylic acids is 3. The molecule has 0 saturated carbocycles. The fourth-order valence-electron chi connectivity index (χ4n) is 4.66. The molecular weight excluding hydrogens is 594 g/mol. The van der Waals surface area contributed by atoms with E-state index in [1.807, 2.05) is 4.98 Å². The summed E-state index contributed by atoms with van der Waals surface area (Å²) in [5.41, 5.74) is 2.36. The number of hydrogen-bond donors (Lipinski definition) is 7. The summed E-state index contributed by atoms with van der Waals surface area (Å²) in [5, 5.41) is 35.8. The van der Waals surface area contributed by atoms with E-state index in [4.69, 9.17) is 29.4 Å². The zero-order valence-electron chi connectivity index (χ0n) is 24.8. The Bertz CT molecular complexity index is 1380. The molecule has 0 unspecified atom stereocenters. The fourth-order valence-corrected chi connectivity index (χ4v) is 4.66. The highest BCUT2D eigenvalue weighted by atomic mass is 16.8. The molecule has 8 atom stereocenters. The lowest BCUT2D eigenvalue weighted by Crippen LogP contribution is -2.62. The number of carboxylic acids is 1. The van der Waals surface area contributed by atoms with Gasteiger partial charge in [-0.05, 0) is 41.5 Å². The Hall–Kier alpha value is -4.04. The molecule has 19 heteroatoms. The van der Waals surface area contributed by atoms with Gasteiger partial charge in [0.15, 0.2) is 18.1 Å². The SMILES string of the molecule is Cc1cn([C@@H]2O[C@H]([C@H](NC(=O)[C@@H](NC(=O)OC(C)(C)C)[C@@H]3OC(C)(C)O[C@H]3COC(N)=O)C(=O)O)[C@@H](O)[C@H]2O)c(=O)[nH]c1=O. The number of alkyl carbamates (subject to hydrolysis) is 1. The number of carbonyl (C=O) groups is 4. The third kappa shape index (κ3) is 8.11. The van der Waals surface area contributed by atoms with E-state index >= 15 is 0 Å². The number of nitrogens with zero attached hydrogens (tertiary/aromatic N) is 1. The van der Waals surface area contributed by atoms with Crippen molar-refractivity contribution in [1.82, 2.24) is 20.2 Å². The molecule has 2 saturated heterocycles. The number of aliphatic hydroxyl groups excluding tert-OH is 2. The first-order valence-corrected chi connectivity index (χ1v) is 13.3. The summed E-state index contributed by atoms with van der Waals surface area (Å²) in [6.45, 7) is 8.45. The molecule has 1 aromatic rings. The molecule has 3 heterocycles. The van der Waals surface area contributed by atoms with Crippen molar-refractivity contribution in [2.24, 2.45) is 5.73 Å². The van der Waals surface area contributed by atoms with Crippen molar-refractivity contribution in [3.8, 4) is 0 Å². The van der Waals surface area contributed by atoms with Gasteiger partial charge in [0, 0.05) is 11.8 Å². The maximum absolute atomic E-state index is 13.7. The maximum atomic E-state index is 13.7. The van der Waals surface area contributed by atoms with Gasteiger partial charge in [-0.2, -0.15) is 0 Å². The van der Waals surface area contributed by atoms with E-state index in [1.165, 1.54) is 20.8 Å². The number of nitrogens with two attached hydrogens (primary N) is 1. The molecule has 0 aromatic carbocycles. The summed E-state index contributed by atoms with van der Waals surface area (Å²) in [5.74, 6) is -4.29. The molecule has 3 amide bonds. The van der Waals surface area contributed by atoms with E-state index in [0.29, 0.717) is 0 Å². The van der Waals surface area contributed by atoms with Crippen LogP contribution in [0.2, 0.25) is 0 Å². The molecule has 2 aliphatic heterocycles. The van der Waals surface area contributed by atoms with E-state index < -0.39 is 102 Å². The second kappa shape index (κ2) is 12.9. The molecular formula is C25H37N5O14. The average molecular weight is 632 g/mol. The van der Waals surface area contributed by atoms with Crippen LogP contribution in [-0.4, -0.2) is 110 Å². The number of primary amides is 1. The summed E-state index contributed by atoms with van der Waals surface area (Å²) < 4.78 is 27.9. The monoisotopic (exact) mass is 631 g/mol. The van der Waals surface area contributed by atoms with E-state index in [2.05, 4.69) is 10.6 Å². The van der Waals surface area contributed by atoms with Gasteiger partial charge in [-0.3, -0.25) is 19.1 Å². The third-order valence-corrected chi connectivity index (χ3v) is 6.48. The summed E-state index contributed by atoms with van der Waals surface area (Å²) in [7, 11) is 0. The highest BCUT2D eigenvalue weighted by molar-refractivity contribution is 5.90. The molecule has 2 aliphatic rings. The second-order valence-electron chi connectivity index (χ2n) is 11.7. The van der Waals surface area contributed by atoms with Crippen LogP contribution in [0.25, 0.3) is 0 Å². The lowest BCUT2D eigenvalue weighted by molar-refractivity contribution is -0.156. The number of aromatic nitrogens is 2. The molecule has 2 fully saturated rings. The number of nitrogens with one attached hydrogen (secondary N) is 3. The van der Waals surface area contributed by atoms with Crippen LogP contribution in [0.1, 0.15) is 46.4 Å². The number of aliphatic hydroxyl groups is 2. The maximum Gasteiger partial charge on any atom is 0.408 e. The van der Waals surface area contributed by atoms with E-state index in [0.717, 1.165) is 10.8 Å². The van der Waals surface area contributed by atoms with Gasteiger partial charge in [-0.1, -0.05) is 0 Å². The molecule has 19 nitrogen and oxygen atoms in total. The van der Waals surface area contributed by atoms with Crippen LogP contribution in [0.15, 0.2) is 15.8 Å². The van der Waals surface area contributed by atoms with Gasteiger partial charge in [0.05, 0.1) is 0 Å². The summed E-state index contributed by atoms with van der Waals surface area (Å²) in [6.07, 6.45) is -11.1. The molecule has 44 heavy (non-hydrogen) atoms. The van der Waals surface area contributed by atoms with Gasteiger partial charge in [0.25, 0.3) is 5.56 Å². The van der Waals surface area contributed by atoms with Gasteiger partial charge in [0.2, 0.25) is 5.91 Å². The van der Waals surface area contributed by atoms with Crippen molar-refractivity contribution in [2.45, 2.75) is 102 Å². The Balaban J connectivity index is 1.93. The first-order valence-electron chi connectivity index (χ1n) is 13.3. The lowest BCUT2D eigenvalue weighted by atomic mass is 10.0. The number of carboxylic acid groups (broad SMARTS) is 1. The highest BCUT2D eigenvalue weighted by Crippen LogP contribution is 2.32. The minimum Gasteiger partial charge on any atom is -0.480 e. The number of aromatic amines is 1. The zero-order chi connectivity index (χ0) is 33.3. The third-order valence-electron chi connectivity index (χ3n) is 6.48. The number of hydrogen-bond acceptors (Lipinski definition) is 13. The van der Waals surface area contributed by atoms with Gasteiger partial charge in [0.1, 0.15) is 48.8 Å². The van der Waals surface area contributed by atoms with Gasteiger partial charge >= 0.3 is 23.8 Å². The van der Waals surface area contributed by atoms with Crippen LogP contribution in [0.5, 0.6) is 0 Å². The van der Waals surface area contributed by atoms with Crippen molar-refractivity contribution in [3.63, 3.8) is 0 Å². The standard InChI is InChI=1S/C25H37N5O14/c1-9-7-30(22(38)29-17(9)33)19-14(32)13(31)16(41-19)12(20(35)36)27-18(34)11(28-23(39)44-24(2,3)4)15-10(8-40-21(26)37)42-25(5,6)43-15/h7,10-16,19,31-32H,8H2,1-6H3,(H2,26,37)(H,27,34)(H,28,39)(H,35,36)(H,29,33,38)/t10-,11-,12-,13-,14+,15+,16+,19+/m0/s1. The predicted molar refractivity (Wildman–Crippen MR) is 144 cm³/mol. The first kappa shape index (κ1) is 34.5. The number of aryl methyl sites for hydroxylation is 1. The van der Waals surface area contributed by atoms with E-state index in [9.17, 15) is 44.1 Å². The largest absolute Gasteiger partial charge is 0.480 e. The second-order valence-corrected chi connectivity index (χ2v) is 11.7. The van der Waals surface area contributed by atoms with Crippen LogP contribution in [0.3, 0.4) is 0 Å². The minimum atomic E-state index is -2.07. The zero-order valence-corrected chi connectivity index (χ0v) is 24.8. The Labute approximate surface area is 249 Å². The molecule has 0 radical (unpaired) electrons. The van der Waals surface area contributed by atoms with E-state index in [-0.39, 0.29) is 5.56 Å². The number of ether oxygens (including phenoxy) is 5. The summed E-state index contributed by atoms with van der Waals surface area (Å²) >= 11 is 0. The first-order chi connectivity index (χ1) is 20.2. The van der Waals surface area contributed by atoms with Crippen LogP contribution >= 0.6 is 0 Å². The highest BCUT2D eigenvalue weighted by Gasteiger charge is 2.53. The minimum absolute atomic E-state index is 0.0501. The quantitative estimate of drug-likeness (QED) is 0.149. The summed E-state index contributed by atoms with van der Waals surface area (Å²) in [6, 6.07) is -3.83. The van der Waals surface area contributed by atoms with E-state index in [1.54, 1.807) is 20.8 Å². The molecule has 0 aliphatic carbocycles. The lowest BCUT2D eigenvalue weighted by Gasteiger charge is -2.30. The van der Waals surface area contributed by atoms with Crippen molar-refractivity contribution in [1.29, 1.82) is 0 Å². The Morgan fingerprint density at radius 2 is 1.73 bits per heavy atom. The van der Waals surface area contributed by atoms with Gasteiger partial charge in [-0.25, -0.2) is 19.2 Å². The summed E-state index contributed by atoms with van der Waals surface area (Å²) in [4.78, 5) is 76.1. The van der Waals surface area contributed by atoms with Gasteiger partial charge < -0.3 is 55.4 Å². The Kier molecular flexibility index (Phi) is 10.1. The molecule has 0 bridgehead atoms. The molecule has 246 valence electrons. The number of amides is 3. The van der Waals surface area contributed by atoms with Crippen LogP contribution < -0.4 is 27.6 Å². The number of aliphatic carboxylic acids is 1.